The maximum Gasteiger partial charge on any atom is 0.416 e. The van der Waals surface area contributed by atoms with E-state index in [2.05, 4.69) is 4.18 Å². The lowest BCUT2D eigenvalue weighted by molar-refractivity contribution is -0.137. The lowest BCUT2D eigenvalue weighted by Gasteiger charge is -2.28. The first kappa shape index (κ1) is 30.4. The van der Waals surface area contributed by atoms with Crippen LogP contribution < -0.4 is 13.7 Å². The Balaban J connectivity index is 1.69. The first-order chi connectivity index (χ1) is 19.3. The molecule has 0 spiro atoms. The van der Waals surface area contributed by atoms with Crippen molar-refractivity contribution in [1.82, 2.24) is 0 Å². The van der Waals surface area contributed by atoms with Gasteiger partial charge in [-0.2, -0.15) is 30.4 Å². The number of methoxy groups -OCH3 is 1. The zero-order valence-corrected chi connectivity index (χ0v) is 21.8. The second kappa shape index (κ2) is 11.7. The van der Waals surface area contributed by atoms with Gasteiger partial charge < -0.3 is 18.4 Å². The molecule has 0 N–H and O–H groups in total. The van der Waals surface area contributed by atoms with E-state index < -0.39 is 67.5 Å². The molecule has 3 aromatic rings. The lowest BCUT2D eigenvalue weighted by Crippen LogP contribution is -2.19. The average molecular weight is 612 g/mol. The molecule has 0 bridgehead atoms. The van der Waals surface area contributed by atoms with Crippen molar-refractivity contribution in [2.75, 3.05) is 26.9 Å². The van der Waals surface area contributed by atoms with Gasteiger partial charge in [-0.25, -0.2) is 13.2 Å². The van der Waals surface area contributed by atoms with Crippen LogP contribution >= 0.6 is 0 Å². The number of halogens is 8. The molecule has 1 aliphatic rings. The van der Waals surface area contributed by atoms with E-state index in [0.717, 1.165) is 24.3 Å². The monoisotopic (exact) mass is 612 g/mol. The van der Waals surface area contributed by atoms with Crippen molar-refractivity contribution in [1.29, 1.82) is 0 Å². The third-order valence-electron chi connectivity index (χ3n) is 6.14. The fourth-order valence-corrected chi connectivity index (χ4v) is 5.12. The standard InChI is InChI=1S/C26H20F8O6S/c1-37-8-2-9-38-18-11-13(26(32,33)34)3-5-16(18)15-7-10-39-19-12-14(4-6-17(15)19)41(35,36)40-25-23(30)21(28)20(27)22(29)24(25)31/h3-6,11-12,15H,2,7-10H2,1H3. The summed E-state index contributed by atoms with van der Waals surface area (Å²) in [5.74, 6) is -15.0. The van der Waals surface area contributed by atoms with Crippen molar-refractivity contribution in [2.24, 2.45) is 0 Å². The van der Waals surface area contributed by atoms with Gasteiger partial charge in [-0.05, 0) is 24.6 Å². The van der Waals surface area contributed by atoms with Gasteiger partial charge in [0.05, 0.1) is 18.8 Å². The molecule has 1 unspecified atom stereocenters. The number of alkyl halides is 3. The second-order valence-electron chi connectivity index (χ2n) is 8.77. The van der Waals surface area contributed by atoms with E-state index in [0.29, 0.717) is 24.2 Å². The smallest absolute Gasteiger partial charge is 0.416 e. The topological polar surface area (TPSA) is 71.1 Å². The molecule has 4 rings (SSSR count). The van der Waals surface area contributed by atoms with E-state index in [1.807, 2.05) is 0 Å². The van der Waals surface area contributed by atoms with Gasteiger partial charge in [-0.15, -0.1) is 0 Å². The Labute approximate surface area is 228 Å². The summed E-state index contributed by atoms with van der Waals surface area (Å²) in [5.41, 5.74) is -0.247. The van der Waals surface area contributed by atoms with Gasteiger partial charge >= 0.3 is 16.3 Å². The van der Waals surface area contributed by atoms with Gasteiger partial charge in [0.2, 0.25) is 34.8 Å². The van der Waals surface area contributed by atoms with Crippen molar-refractivity contribution in [3.8, 4) is 17.2 Å². The predicted octanol–water partition coefficient (Wildman–Crippen LogP) is 6.50. The van der Waals surface area contributed by atoms with E-state index in [9.17, 15) is 43.5 Å². The summed E-state index contributed by atoms with van der Waals surface area (Å²) in [6, 6.07) is 6.06. The average Bonchev–Trinajstić information content (AvgIpc) is 2.94. The second-order valence-corrected chi connectivity index (χ2v) is 10.3. The van der Waals surface area contributed by atoms with E-state index in [4.69, 9.17) is 14.2 Å². The Morgan fingerprint density at radius 3 is 2.15 bits per heavy atom. The first-order valence-corrected chi connectivity index (χ1v) is 13.2. The maximum absolute atomic E-state index is 14.0. The van der Waals surface area contributed by atoms with Crippen molar-refractivity contribution in [2.45, 2.75) is 29.8 Å². The molecule has 0 aliphatic carbocycles. The molecule has 0 fully saturated rings. The van der Waals surface area contributed by atoms with Crippen LogP contribution in [0.5, 0.6) is 17.2 Å². The SMILES string of the molecule is COCCCOc1cc(C(F)(F)F)ccc1C1CCOc2cc(S(=O)(=O)Oc3c(F)c(F)c(F)c(F)c3F)ccc21. The van der Waals surface area contributed by atoms with Crippen LogP contribution in [0.1, 0.15) is 35.4 Å². The number of ether oxygens (including phenoxy) is 3. The fraction of sp³-hybridized carbons (Fsp3) is 0.308. The van der Waals surface area contributed by atoms with Crippen LogP contribution in [0.4, 0.5) is 35.1 Å². The number of hydrogen-bond donors (Lipinski definition) is 0. The molecule has 6 nitrogen and oxygen atoms in total. The molecule has 0 radical (unpaired) electrons. The molecule has 41 heavy (non-hydrogen) atoms. The molecule has 0 saturated heterocycles. The van der Waals surface area contributed by atoms with Crippen LogP contribution in [0.3, 0.4) is 0 Å². The highest BCUT2D eigenvalue weighted by atomic mass is 32.2. The first-order valence-electron chi connectivity index (χ1n) is 11.8. The lowest BCUT2D eigenvalue weighted by atomic mass is 9.85. The maximum atomic E-state index is 14.0. The zero-order valence-electron chi connectivity index (χ0n) is 21.0. The third-order valence-corrected chi connectivity index (χ3v) is 7.36. The summed E-state index contributed by atoms with van der Waals surface area (Å²) < 4.78 is 154. The number of hydrogen-bond acceptors (Lipinski definition) is 6. The van der Waals surface area contributed by atoms with Gasteiger partial charge in [0.1, 0.15) is 16.4 Å². The van der Waals surface area contributed by atoms with Gasteiger partial charge in [-0.3, -0.25) is 0 Å². The molecule has 3 aromatic carbocycles. The Morgan fingerprint density at radius 1 is 0.878 bits per heavy atom. The molecule has 1 heterocycles. The van der Waals surface area contributed by atoms with E-state index in [1.54, 1.807) is 0 Å². The van der Waals surface area contributed by atoms with Crippen molar-refractivity contribution < 1.29 is 61.9 Å². The van der Waals surface area contributed by atoms with Crippen LogP contribution in [-0.2, 0) is 21.0 Å². The summed E-state index contributed by atoms with van der Waals surface area (Å²) in [6.45, 7) is 0.340. The van der Waals surface area contributed by atoms with Crippen LogP contribution in [-0.4, -0.2) is 35.3 Å². The number of rotatable bonds is 9. The predicted molar refractivity (Wildman–Crippen MR) is 126 cm³/mol. The van der Waals surface area contributed by atoms with Gasteiger partial charge in [0, 0.05) is 43.2 Å². The molecule has 1 aliphatic heterocycles. The van der Waals surface area contributed by atoms with Crippen molar-refractivity contribution in [3.05, 3.63) is 82.2 Å². The Bertz CT molecular complexity index is 1530. The van der Waals surface area contributed by atoms with Crippen LogP contribution in [0.15, 0.2) is 41.3 Å². The Morgan fingerprint density at radius 2 is 1.51 bits per heavy atom. The normalized spacial score (nSPS) is 15.3. The largest absolute Gasteiger partial charge is 0.493 e. The highest BCUT2D eigenvalue weighted by molar-refractivity contribution is 7.87. The Kier molecular flexibility index (Phi) is 8.68. The minimum absolute atomic E-state index is 0.0101. The van der Waals surface area contributed by atoms with E-state index >= 15 is 0 Å². The molecular formula is C26H20F8O6S. The zero-order chi connectivity index (χ0) is 30.1. The quantitative estimate of drug-likeness (QED) is 0.0904. The van der Waals surface area contributed by atoms with E-state index in [1.165, 1.54) is 19.2 Å². The Hall–Kier alpha value is -3.59. The van der Waals surface area contributed by atoms with Gasteiger partial charge in [-0.1, -0.05) is 12.1 Å². The molecule has 222 valence electrons. The van der Waals surface area contributed by atoms with E-state index in [-0.39, 0.29) is 31.1 Å². The summed E-state index contributed by atoms with van der Waals surface area (Å²) >= 11 is 0. The van der Waals surface area contributed by atoms with Crippen LogP contribution in [0, 0.1) is 29.1 Å². The minimum Gasteiger partial charge on any atom is -0.493 e. The molecule has 0 saturated carbocycles. The highest BCUT2D eigenvalue weighted by Gasteiger charge is 2.35. The number of fused-ring (bicyclic) bond motifs is 1. The summed E-state index contributed by atoms with van der Waals surface area (Å²) in [6.07, 6.45) is -3.99. The van der Waals surface area contributed by atoms with Gasteiger partial charge in [0.25, 0.3) is 0 Å². The highest BCUT2D eigenvalue weighted by Crippen LogP contribution is 2.44. The fourth-order valence-electron chi connectivity index (χ4n) is 4.17. The molecule has 0 aromatic heterocycles. The summed E-state index contributed by atoms with van der Waals surface area (Å²) in [4.78, 5) is -0.746. The summed E-state index contributed by atoms with van der Waals surface area (Å²) in [5, 5.41) is 0. The molecule has 1 atom stereocenters. The van der Waals surface area contributed by atoms with Gasteiger partial charge in [0.15, 0.2) is 0 Å². The minimum atomic E-state index is -5.15. The van der Waals surface area contributed by atoms with Crippen LogP contribution in [0.25, 0.3) is 0 Å². The number of benzene rings is 3. The van der Waals surface area contributed by atoms with Crippen molar-refractivity contribution >= 4 is 10.1 Å². The van der Waals surface area contributed by atoms with Crippen molar-refractivity contribution in [3.63, 3.8) is 0 Å². The van der Waals surface area contributed by atoms with Crippen LogP contribution in [0.2, 0.25) is 0 Å². The molecule has 0 amide bonds. The molecular weight excluding hydrogens is 592 g/mol. The molecule has 15 heteroatoms. The third kappa shape index (κ3) is 6.20. The summed E-state index contributed by atoms with van der Waals surface area (Å²) in [7, 11) is -3.69.